The van der Waals surface area contributed by atoms with E-state index in [9.17, 15) is 19.2 Å². The molecule has 1 atom stereocenters. The Morgan fingerprint density at radius 3 is 1.67 bits per heavy atom. The van der Waals surface area contributed by atoms with Crippen LogP contribution in [0.2, 0.25) is 0 Å². The van der Waals surface area contributed by atoms with Gasteiger partial charge in [0.1, 0.15) is 24.7 Å². The van der Waals surface area contributed by atoms with Crippen molar-refractivity contribution in [3.8, 4) is 0 Å². The summed E-state index contributed by atoms with van der Waals surface area (Å²) >= 11 is 0. The lowest BCUT2D eigenvalue weighted by molar-refractivity contribution is -0.143. The number of benzene rings is 4. The molecular weight excluding hydrogens is 570 g/mol. The van der Waals surface area contributed by atoms with Gasteiger partial charge >= 0.3 is 12.1 Å². The summed E-state index contributed by atoms with van der Waals surface area (Å²) < 4.78 is 10.2. The summed E-state index contributed by atoms with van der Waals surface area (Å²) in [4.78, 5) is 51.5. The van der Waals surface area contributed by atoms with Gasteiger partial charge in [0.2, 0.25) is 11.8 Å². The molecule has 4 rings (SSSR count). The van der Waals surface area contributed by atoms with Gasteiger partial charge in [-0.3, -0.25) is 14.4 Å². The van der Waals surface area contributed by atoms with Crippen molar-refractivity contribution in [1.29, 1.82) is 0 Å². The summed E-state index contributed by atoms with van der Waals surface area (Å²) in [6.45, 7) is 1.44. The Morgan fingerprint density at radius 2 is 1.18 bits per heavy atom. The van der Waals surface area contributed by atoms with Crippen LogP contribution in [0.1, 0.15) is 42.0 Å². The summed E-state index contributed by atoms with van der Waals surface area (Å²) in [7, 11) is 0. The van der Waals surface area contributed by atoms with E-state index in [0.717, 1.165) is 22.3 Å². The lowest BCUT2D eigenvalue weighted by Crippen LogP contribution is -2.50. The molecule has 9 heteroatoms. The summed E-state index contributed by atoms with van der Waals surface area (Å²) in [5, 5.41) is 8.28. The van der Waals surface area contributed by atoms with Gasteiger partial charge in [0.15, 0.2) is 0 Å². The third kappa shape index (κ3) is 9.03. The number of esters is 1. The van der Waals surface area contributed by atoms with Gasteiger partial charge in [-0.15, -0.1) is 0 Å². The number of hydrogen-bond donors (Lipinski definition) is 3. The number of amides is 3. The fourth-order valence-electron chi connectivity index (χ4n) is 5.00. The SMILES string of the molecule is CCOC(=O)CNC(=O)[C@H](CCC(=O)NC(c1ccccc1)(c1ccccc1)c1ccccc1)NC(=O)OCc1ccccc1. The number of hydrogen-bond acceptors (Lipinski definition) is 6. The Bertz CT molecular complexity index is 1440. The van der Waals surface area contributed by atoms with Gasteiger partial charge in [-0.05, 0) is 35.6 Å². The van der Waals surface area contributed by atoms with Crippen molar-refractivity contribution in [2.45, 2.75) is 38.0 Å². The number of rotatable bonds is 14. The molecule has 45 heavy (non-hydrogen) atoms. The minimum Gasteiger partial charge on any atom is -0.465 e. The molecule has 0 unspecified atom stereocenters. The molecule has 3 amide bonds. The zero-order valence-electron chi connectivity index (χ0n) is 25.1. The van der Waals surface area contributed by atoms with E-state index in [0.29, 0.717) is 0 Å². The Balaban J connectivity index is 1.54. The van der Waals surface area contributed by atoms with Gasteiger partial charge in [-0.2, -0.15) is 0 Å². The van der Waals surface area contributed by atoms with Crippen molar-refractivity contribution in [2.75, 3.05) is 13.2 Å². The molecule has 3 N–H and O–H groups in total. The molecule has 4 aromatic carbocycles. The molecule has 0 saturated heterocycles. The van der Waals surface area contributed by atoms with Crippen molar-refractivity contribution in [2.24, 2.45) is 0 Å². The molecule has 0 bridgehead atoms. The van der Waals surface area contributed by atoms with E-state index < -0.39 is 29.6 Å². The number of ether oxygens (including phenoxy) is 2. The topological polar surface area (TPSA) is 123 Å². The van der Waals surface area contributed by atoms with Crippen LogP contribution in [0, 0.1) is 0 Å². The first-order valence-electron chi connectivity index (χ1n) is 14.8. The maximum atomic E-state index is 13.8. The molecular formula is C36H37N3O6. The van der Waals surface area contributed by atoms with Crippen LogP contribution in [-0.2, 0) is 36.0 Å². The predicted molar refractivity (Wildman–Crippen MR) is 170 cm³/mol. The zero-order chi connectivity index (χ0) is 31.9. The molecule has 0 radical (unpaired) electrons. The highest BCUT2D eigenvalue weighted by Crippen LogP contribution is 2.36. The largest absolute Gasteiger partial charge is 0.465 e. The normalized spacial score (nSPS) is 11.5. The molecule has 232 valence electrons. The van der Waals surface area contributed by atoms with E-state index in [1.54, 1.807) is 19.1 Å². The molecule has 0 aliphatic carbocycles. The van der Waals surface area contributed by atoms with E-state index in [4.69, 9.17) is 9.47 Å². The second-order valence-corrected chi connectivity index (χ2v) is 10.2. The first kappa shape index (κ1) is 32.5. The Labute approximate surface area is 263 Å². The van der Waals surface area contributed by atoms with Crippen LogP contribution in [0.5, 0.6) is 0 Å². The summed E-state index contributed by atoms with van der Waals surface area (Å²) in [6, 6.07) is 36.9. The summed E-state index contributed by atoms with van der Waals surface area (Å²) in [5.74, 6) is -1.62. The molecule has 0 spiro atoms. The van der Waals surface area contributed by atoms with Crippen LogP contribution in [0.15, 0.2) is 121 Å². The first-order chi connectivity index (χ1) is 21.9. The van der Waals surface area contributed by atoms with Crippen molar-refractivity contribution in [3.63, 3.8) is 0 Å². The van der Waals surface area contributed by atoms with Crippen molar-refractivity contribution >= 4 is 23.9 Å². The van der Waals surface area contributed by atoms with Crippen LogP contribution in [0.3, 0.4) is 0 Å². The quantitative estimate of drug-likeness (QED) is 0.139. The number of nitrogens with one attached hydrogen (secondary N) is 3. The third-order valence-corrected chi connectivity index (χ3v) is 7.14. The second-order valence-electron chi connectivity index (χ2n) is 10.2. The van der Waals surface area contributed by atoms with Gasteiger partial charge in [-0.25, -0.2) is 4.79 Å². The molecule has 0 heterocycles. The van der Waals surface area contributed by atoms with E-state index in [1.165, 1.54) is 0 Å². The molecule has 0 saturated carbocycles. The molecule has 0 aliphatic rings. The van der Waals surface area contributed by atoms with Crippen LogP contribution >= 0.6 is 0 Å². The van der Waals surface area contributed by atoms with Gasteiger partial charge in [0.05, 0.1) is 6.61 Å². The van der Waals surface area contributed by atoms with Crippen molar-refractivity contribution in [1.82, 2.24) is 16.0 Å². The minimum absolute atomic E-state index is 0.00191. The average molecular weight is 608 g/mol. The van der Waals surface area contributed by atoms with Gasteiger partial charge in [0, 0.05) is 6.42 Å². The van der Waals surface area contributed by atoms with E-state index in [-0.39, 0.29) is 38.5 Å². The molecule has 9 nitrogen and oxygen atoms in total. The van der Waals surface area contributed by atoms with Gasteiger partial charge in [0.25, 0.3) is 0 Å². The first-order valence-corrected chi connectivity index (χ1v) is 14.8. The standard InChI is InChI=1S/C36H37N3O6/c1-2-44-33(41)25-37-34(42)31(38-35(43)45-26-27-15-7-3-8-16-27)23-24-32(40)39-36(28-17-9-4-10-18-28,29-19-11-5-12-20-29)30-21-13-6-14-22-30/h3-22,31H,2,23-26H2,1H3,(H,37,42)(H,38,43)(H,39,40)/t31-/m0/s1. The maximum absolute atomic E-state index is 13.8. The van der Waals surface area contributed by atoms with Crippen LogP contribution in [-0.4, -0.2) is 43.1 Å². The van der Waals surface area contributed by atoms with E-state index in [2.05, 4.69) is 16.0 Å². The average Bonchev–Trinajstić information content (AvgIpc) is 3.08. The van der Waals surface area contributed by atoms with Crippen LogP contribution in [0.25, 0.3) is 0 Å². The molecule has 4 aromatic rings. The van der Waals surface area contributed by atoms with Crippen LogP contribution in [0.4, 0.5) is 4.79 Å². The van der Waals surface area contributed by atoms with Crippen molar-refractivity contribution < 1.29 is 28.7 Å². The lowest BCUT2D eigenvalue weighted by atomic mass is 9.77. The Kier molecular flexibility index (Phi) is 11.8. The molecule has 0 aliphatic heterocycles. The van der Waals surface area contributed by atoms with E-state index in [1.807, 2.05) is 109 Å². The monoisotopic (exact) mass is 607 g/mol. The number of alkyl carbamates (subject to hydrolysis) is 1. The molecule has 0 aromatic heterocycles. The molecule has 0 fully saturated rings. The van der Waals surface area contributed by atoms with E-state index >= 15 is 0 Å². The third-order valence-electron chi connectivity index (χ3n) is 7.14. The predicted octanol–water partition coefficient (Wildman–Crippen LogP) is 4.85. The van der Waals surface area contributed by atoms with Crippen LogP contribution < -0.4 is 16.0 Å². The highest BCUT2D eigenvalue weighted by Gasteiger charge is 2.38. The Morgan fingerprint density at radius 1 is 0.689 bits per heavy atom. The zero-order valence-corrected chi connectivity index (χ0v) is 25.1. The second kappa shape index (κ2) is 16.4. The fourth-order valence-corrected chi connectivity index (χ4v) is 5.00. The maximum Gasteiger partial charge on any atom is 0.408 e. The van der Waals surface area contributed by atoms with Gasteiger partial charge in [-0.1, -0.05) is 121 Å². The fraction of sp³-hybridized carbons (Fsp3) is 0.222. The van der Waals surface area contributed by atoms with Crippen molar-refractivity contribution in [3.05, 3.63) is 144 Å². The summed E-state index contributed by atoms with van der Waals surface area (Å²) in [6.07, 6.45) is -1.01. The number of carbonyl (C=O) groups excluding carboxylic acids is 4. The minimum atomic E-state index is -1.16. The Hall–Kier alpha value is -5.44. The lowest BCUT2D eigenvalue weighted by Gasteiger charge is -2.37. The number of carbonyl (C=O) groups is 4. The highest BCUT2D eigenvalue weighted by molar-refractivity contribution is 5.89. The van der Waals surface area contributed by atoms with Gasteiger partial charge < -0.3 is 25.4 Å². The highest BCUT2D eigenvalue weighted by atomic mass is 16.5. The smallest absolute Gasteiger partial charge is 0.408 e. The summed E-state index contributed by atoms with van der Waals surface area (Å²) in [5.41, 5.74) is 2.28.